The number of carbonyl (C=O) groups excluding carboxylic acids is 1. The molecule has 6 heteroatoms. The predicted octanol–water partition coefficient (Wildman–Crippen LogP) is 3.71. The molecular weight excluding hydrogens is 302 g/mol. The third kappa shape index (κ3) is 2.86. The number of carbonyl (C=O) groups is 1. The van der Waals surface area contributed by atoms with Crippen molar-refractivity contribution in [2.75, 3.05) is 6.54 Å². The Morgan fingerprint density at radius 1 is 1.45 bits per heavy atom. The minimum absolute atomic E-state index is 0.0316. The van der Waals surface area contributed by atoms with Crippen molar-refractivity contribution in [2.24, 2.45) is 5.92 Å². The van der Waals surface area contributed by atoms with E-state index in [1.54, 1.807) is 12.1 Å². The van der Waals surface area contributed by atoms with Crippen LogP contribution in [0.4, 0.5) is 0 Å². The van der Waals surface area contributed by atoms with Gasteiger partial charge in [0.1, 0.15) is 6.04 Å². The number of hydrogen-bond acceptors (Lipinski definition) is 4. The molecule has 0 saturated carbocycles. The molecule has 1 atom stereocenters. The molecule has 0 bridgehead atoms. The molecule has 0 N–H and O–H groups in total. The van der Waals surface area contributed by atoms with Crippen molar-refractivity contribution in [2.45, 2.75) is 32.7 Å². The van der Waals surface area contributed by atoms with E-state index in [1.165, 1.54) is 0 Å². The Labute approximate surface area is 134 Å². The van der Waals surface area contributed by atoms with E-state index in [-0.39, 0.29) is 17.9 Å². The molecule has 116 valence electrons. The predicted molar refractivity (Wildman–Crippen MR) is 83.3 cm³/mol. The van der Waals surface area contributed by atoms with Crippen molar-refractivity contribution in [1.29, 1.82) is 0 Å². The van der Waals surface area contributed by atoms with Crippen LogP contribution in [0.1, 0.15) is 38.6 Å². The van der Waals surface area contributed by atoms with Crippen LogP contribution in [0.25, 0.3) is 11.4 Å². The Hall–Kier alpha value is -1.88. The van der Waals surface area contributed by atoms with Crippen molar-refractivity contribution < 1.29 is 9.32 Å². The number of hydrogen-bond donors (Lipinski definition) is 0. The second-order valence-corrected chi connectivity index (χ2v) is 6.25. The van der Waals surface area contributed by atoms with Crippen molar-refractivity contribution in [1.82, 2.24) is 15.0 Å². The van der Waals surface area contributed by atoms with E-state index in [0.717, 1.165) is 24.9 Å². The summed E-state index contributed by atoms with van der Waals surface area (Å²) in [5, 5.41) is 4.65. The lowest BCUT2D eigenvalue weighted by Crippen LogP contribution is -2.33. The summed E-state index contributed by atoms with van der Waals surface area (Å²) < 4.78 is 5.40. The topological polar surface area (TPSA) is 59.2 Å². The molecule has 1 fully saturated rings. The highest BCUT2D eigenvalue weighted by molar-refractivity contribution is 6.30. The summed E-state index contributed by atoms with van der Waals surface area (Å²) in [6, 6.07) is 7.20. The molecule has 22 heavy (non-hydrogen) atoms. The fourth-order valence-electron chi connectivity index (χ4n) is 2.73. The largest absolute Gasteiger partial charge is 0.337 e. The van der Waals surface area contributed by atoms with Crippen molar-refractivity contribution in [3.63, 3.8) is 0 Å². The summed E-state index contributed by atoms with van der Waals surface area (Å²) in [5.41, 5.74) is 0.808. The zero-order valence-corrected chi connectivity index (χ0v) is 13.4. The fraction of sp³-hybridized carbons (Fsp3) is 0.438. The first kappa shape index (κ1) is 15.0. The van der Waals surface area contributed by atoms with Crippen LogP contribution >= 0.6 is 11.6 Å². The average molecular weight is 320 g/mol. The molecule has 2 heterocycles. The molecule has 2 aromatic rings. The Morgan fingerprint density at radius 2 is 2.27 bits per heavy atom. The number of rotatable bonds is 3. The van der Waals surface area contributed by atoms with Crippen LogP contribution in [-0.2, 0) is 4.79 Å². The highest BCUT2D eigenvalue weighted by Crippen LogP contribution is 2.33. The van der Waals surface area contributed by atoms with Crippen LogP contribution in [0.2, 0.25) is 5.02 Å². The van der Waals surface area contributed by atoms with E-state index >= 15 is 0 Å². The summed E-state index contributed by atoms with van der Waals surface area (Å²) in [5.74, 6) is 1.10. The number of halogens is 1. The van der Waals surface area contributed by atoms with Crippen LogP contribution in [0, 0.1) is 5.92 Å². The molecular formula is C16H18ClN3O2. The van der Waals surface area contributed by atoms with Crippen molar-refractivity contribution in [3.05, 3.63) is 35.2 Å². The van der Waals surface area contributed by atoms with E-state index in [9.17, 15) is 4.79 Å². The maximum atomic E-state index is 12.3. The number of aromatic nitrogens is 2. The van der Waals surface area contributed by atoms with Gasteiger partial charge in [-0.2, -0.15) is 4.98 Å². The smallest absolute Gasteiger partial charge is 0.249 e. The first-order chi connectivity index (χ1) is 10.6. The van der Waals surface area contributed by atoms with E-state index in [1.807, 2.05) is 30.9 Å². The molecule has 0 aliphatic carbocycles. The van der Waals surface area contributed by atoms with Gasteiger partial charge in [-0.25, -0.2) is 0 Å². The van der Waals surface area contributed by atoms with Gasteiger partial charge in [-0.3, -0.25) is 4.79 Å². The lowest BCUT2D eigenvalue weighted by atomic mass is 10.1. The van der Waals surface area contributed by atoms with Gasteiger partial charge in [0.2, 0.25) is 17.6 Å². The highest BCUT2D eigenvalue weighted by Gasteiger charge is 2.34. The SMILES string of the molecule is CC(C)C(=O)N1CCC[C@@H]1c1nc(-c2cccc(Cl)c2)no1. The molecule has 1 saturated heterocycles. The Kier molecular flexibility index (Phi) is 4.16. The Bertz CT molecular complexity index is 684. The van der Waals surface area contributed by atoms with Gasteiger partial charge >= 0.3 is 0 Å². The van der Waals surface area contributed by atoms with Gasteiger partial charge in [0.05, 0.1) is 0 Å². The van der Waals surface area contributed by atoms with Crippen molar-refractivity contribution in [3.8, 4) is 11.4 Å². The summed E-state index contributed by atoms with van der Waals surface area (Å²) in [6.07, 6.45) is 1.81. The maximum Gasteiger partial charge on any atom is 0.249 e. The highest BCUT2D eigenvalue weighted by atomic mass is 35.5. The molecule has 5 nitrogen and oxygen atoms in total. The molecule has 3 rings (SSSR count). The van der Waals surface area contributed by atoms with Crippen molar-refractivity contribution >= 4 is 17.5 Å². The van der Waals surface area contributed by atoms with Crippen LogP contribution in [0.3, 0.4) is 0 Å². The Balaban J connectivity index is 1.85. The fourth-order valence-corrected chi connectivity index (χ4v) is 2.92. The lowest BCUT2D eigenvalue weighted by Gasteiger charge is -2.23. The van der Waals surface area contributed by atoms with Crippen LogP contribution in [-0.4, -0.2) is 27.5 Å². The molecule has 0 unspecified atom stereocenters. The standard InChI is InChI=1S/C16H18ClN3O2/c1-10(2)16(21)20-8-4-7-13(20)15-18-14(19-22-15)11-5-3-6-12(17)9-11/h3,5-6,9-10,13H,4,7-8H2,1-2H3/t13-/m1/s1. The van der Waals surface area contributed by atoms with Crippen LogP contribution in [0.5, 0.6) is 0 Å². The number of amides is 1. The number of nitrogens with zero attached hydrogens (tertiary/aromatic N) is 3. The van der Waals surface area contributed by atoms with Gasteiger partial charge < -0.3 is 9.42 Å². The summed E-state index contributed by atoms with van der Waals surface area (Å²) in [4.78, 5) is 18.6. The zero-order valence-electron chi connectivity index (χ0n) is 12.6. The first-order valence-electron chi connectivity index (χ1n) is 7.46. The number of benzene rings is 1. The van der Waals surface area contributed by atoms with Crippen LogP contribution in [0.15, 0.2) is 28.8 Å². The average Bonchev–Trinajstić information content (AvgIpc) is 3.15. The minimum Gasteiger partial charge on any atom is -0.337 e. The first-order valence-corrected chi connectivity index (χ1v) is 7.84. The lowest BCUT2D eigenvalue weighted by molar-refractivity contribution is -0.135. The van der Waals surface area contributed by atoms with Gasteiger partial charge in [-0.1, -0.05) is 42.7 Å². The normalized spacial score (nSPS) is 18.2. The van der Waals surface area contributed by atoms with Gasteiger partial charge in [0.25, 0.3) is 0 Å². The summed E-state index contributed by atoms with van der Waals surface area (Å²) >= 11 is 5.99. The molecule has 1 aromatic carbocycles. The van der Waals surface area contributed by atoms with Gasteiger partial charge in [-0.15, -0.1) is 0 Å². The number of likely N-dealkylation sites (tertiary alicyclic amines) is 1. The molecule has 1 amide bonds. The van der Waals surface area contributed by atoms with Gasteiger partial charge in [-0.05, 0) is 25.0 Å². The third-order valence-corrected chi connectivity index (χ3v) is 4.07. The second-order valence-electron chi connectivity index (χ2n) is 5.81. The van der Waals surface area contributed by atoms with E-state index in [0.29, 0.717) is 16.7 Å². The zero-order chi connectivity index (χ0) is 15.7. The minimum atomic E-state index is -0.115. The third-order valence-electron chi connectivity index (χ3n) is 3.84. The second kappa shape index (κ2) is 6.08. The molecule has 1 aromatic heterocycles. The van der Waals surface area contributed by atoms with Gasteiger partial charge in [0.15, 0.2) is 0 Å². The van der Waals surface area contributed by atoms with Crippen LogP contribution < -0.4 is 0 Å². The molecule has 1 aliphatic rings. The monoisotopic (exact) mass is 319 g/mol. The molecule has 0 radical (unpaired) electrons. The maximum absolute atomic E-state index is 12.3. The van der Waals surface area contributed by atoms with Gasteiger partial charge in [0, 0.05) is 23.0 Å². The summed E-state index contributed by atoms with van der Waals surface area (Å²) in [6.45, 7) is 4.56. The van der Waals surface area contributed by atoms with E-state index < -0.39 is 0 Å². The van der Waals surface area contributed by atoms with E-state index in [2.05, 4.69) is 10.1 Å². The van der Waals surface area contributed by atoms with E-state index in [4.69, 9.17) is 16.1 Å². The Morgan fingerprint density at radius 3 is 3.00 bits per heavy atom. The summed E-state index contributed by atoms with van der Waals surface area (Å²) in [7, 11) is 0. The molecule has 1 aliphatic heterocycles. The quantitative estimate of drug-likeness (QED) is 0.865. The molecule has 0 spiro atoms.